The summed E-state index contributed by atoms with van der Waals surface area (Å²) >= 11 is 0. The van der Waals surface area contributed by atoms with Crippen LogP contribution in [0.25, 0.3) is 6.08 Å². The fraction of sp³-hybridized carbons (Fsp3) is 0. The third-order valence-electron chi connectivity index (χ3n) is 2.57. The van der Waals surface area contributed by atoms with Crippen molar-refractivity contribution in [3.63, 3.8) is 0 Å². The van der Waals surface area contributed by atoms with E-state index in [0.29, 0.717) is 0 Å². The molecule has 0 saturated carbocycles. The Labute approximate surface area is 107 Å². The van der Waals surface area contributed by atoms with Crippen LogP contribution in [0.4, 0.5) is 0 Å². The van der Waals surface area contributed by atoms with Gasteiger partial charge in [0.2, 0.25) is 0 Å². The van der Waals surface area contributed by atoms with E-state index >= 15 is 0 Å². The fourth-order valence-electron chi connectivity index (χ4n) is 1.59. The Morgan fingerprint density at radius 3 is 1.94 bits per heavy atom. The molecule has 0 aliphatic heterocycles. The summed E-state index contributed by atoms with van der Waals surface area (Å²) in [4.78, 5) is 0. The van der Waals surface area contributed by atoms with E-state index in [9.17, 15) is 0 Å². The smallest absolute Gasteiger partial charge is 0.0861 e. The first-order chi connectivity index (χ1) is 8.77. The molecule has 2 aromatic rings. The average molecular weight is 234 g/mol. The van der Waals surface area contributed by atoms with E-state index in [4.69, 9.17) is 10.8 Å². The Balaban J connectivity index is 2.09. The van der Waals surface area contributed by atoms with Crippen molar-refractivity contribution in [1.82, 2.24) is 0 Å². The average Bonchev–Trinajstić information content (AvgIpc) is 2.46. The van der Waals surface area contributed by atoms with Crippen molar-refractivity contribution in [2.45, 2.75) is 0 Å². The van der Waals surface area contributed by atoms with Gasteiger partial charge < -0.3 is 0 Å². The number of nitrogens with one attached hydrogen (secondary N) is 2. The molecule has 18 heavy (non-hydrogen) atoms. The molecule has 0 amide bonds. The van der Waals surface area contributed by atoms with E-state index in [-0.39, 0.29) is 11.4 Å². The van der Waals surface area contributed by atoms with Gasteiger partial charge in [-0.05, 0) is 11.6 Å². The van der Waals surface area contributed by atoms with Crippen LogP contribution in [0.3, 0.4) is 0 Å². The van der Waals surface area contributed by atoms with Gasteiger partial charge in [-0.1, -0.05) is 66.7 Å². The minimum absolute atomic E-state index is 0.213. The zero-order chi connectivity index (χ0) is 12.8. The maximum absolute atomic E-state index is 7.93. The van der Waals surface area contributed by atoms with Crippen molar-refractivity contribution in [2.75, 3.05) is 0 Å². The Morgan fingerprint density at radius 1 is 0.778 bits per heavy atom. The zero-order valence-electron chi connectivity index (χ0n) is 9.93. The Hall–Kier alpha value is -2.48. The molecule has 88 valence electrons. The molecule has 0 saturated heterocycles. The normalized spacial score (nSPS) is 10.4. The van der Waals surface area contributed by atoms with Gasteiger partial charge in [0, 0.05) is 5.56 Å². The lowest BCUT2D eigenvalue weighted by Crippen LogP contribution is -2.10. The van der Waals surface area contributed by atoms with Crippen molar-refractivity contribution in [3.8, 4) is 0 Å². The van der Waals surface area contributed by atoms with E-state index in [0.717, 1.165) is 11.1 Å². The van der Waals surface area contributed by atoms with Crippen LogP contribution in [0.2, 0.25) is 0 Å². The van der Waals surface area contributed by atoms with Crippen molar-refractivity contribution in [2.24, 2.45) is 0 Å². The molecular weight excluding hydrogens is 220 g/mol. The van der Waals surface area contributed by atoms with Gasteiger partial charge in [0.05, 0.1) is 11.4 Å². The highest BCUT2D eigenvalue weighted by Gasteiger charge is 2.03. The maximum atomic E-state index is 7.93. The van der Waals surface area contributed by atoms with Gasteiger partial charge in [0.1, 0.15) is 0 Å². The molecule has 2 heteroatoms. The third kappa shape index (κ3) is 3.01. The van der Waals surface area contributed by atoms with Gasteiger partial charge in [-0.2, -0.15) is 0 Å². The van der Waals surface area contributed by atoms with Gasteiger partial charge in [0.25, 0.3) is 0 Å². The summed E-state index contributed by atoms with van der Waals surface area (Å²) in [6.07, 6.45) is 3.50. The minimum Gasteiger partial charge on any atom is -0.299 e. The third-order valence-corrected chi connectivity index (χ3v) is 2.57. The molecule has 0 unspecified atom stereocenters. The lowest BCUT2D eigenvalue weighted by molar-refractivity contribution is 1.47. The molecule has 2 rings (SSSR count). The van der Waals surface area contributed by atoms with Gasteiger partial charge in [-0.25, -0.2) is 0 Å². The first-order valence-electron chi connectivity index (χ1n) is 5.73. The van der Waals surface area contributed by atoms with E-state index < -0.39 is 0 Å². The topological polar surface area (TPSA) is 47.7 Å². The molecule has 2 N–H and O–H groups in total. The second kappa shape index (κ2) is 5.73. The number of hydrogen-bond acceptors (Lipinski definition) is 2. The van der Waals surface area contributed by atoms with Gasteiger partial charge in [-0.3, -0.25) is 10.8 Å². The van der Waals surface area contributed by atoms with Gasteiger partial charge >= 0.3 is 0 Å². The molecule has 0 radical (unpaired) electrons. The predicted molar refractivity (Wildman–Crippen MR) is 76.5 cm³/mol. The van der Waals surface area contributed by atoms with Crippen LogP contribution in [-0.2, 0) is 0 Å². The lowest BCUT2D eigenvalue weighted by atomic mass is 10.1. The van der Waals surface area contributed by atoms with Crippen LogP contribution >= 0.6 is 0 Å². The SMILES string of the molecule is N=C(/C=C/c1ccccc1)C(=N)c1ccccc1. The largest absolute Gasteiger partial charge is 0.299 e. The van der Waals surface area contributed by atoms with Crippen LogP contribution in [-0.4, -0.2) is 11.4 Å². The summed E-state index contributed by atoms with van der Waals surface area (Å²) < 4.78 is 0. The molecule has 0 bridgehead atoms. The minimum atomic E-state index is 0.213. The maximum Gasteiger partial charge on any atom is 0.0861 e. The highest BCUT2D eigenvalue weighted by atomic mass is 14.5. The monoisotopic (exact) mass is 234 g/mol. The first kappa shape index (κ1) is 12.0. The predicted octanol–water partition coefficient (Wildman–Crippen LogP) is 3.79. The van der Waals surface area contributed by atoms with E-state index in [1.54, 1.807) is 6.08 Å². The molecular formula is C16H14N2. The quantitative estimate of drug-likeness (QED) is 0.756. The second-order valence-corrected chi connectivity index (χ2v) is 3.90. The summed E-state index contributed by atoms with van der Waals surface area (Å²) in [6.45, 7) is 0. The highest BCUT2D eigenvalue weighted by Crippen LogP contribution is 2.04. The van der Waals surface area contributed by atoms with E-state index in [2.05, 4.69) is 0 Å². The molecule has 2 nitrogen and oxygen atoms in total. The zero-order valence-corrected chi connectivity index (χ0v) is 9.93. The first-order valence-corrected chi connectivity index (χ1v) is 5.73. The van der Waals surface area contributed by atoms with Crippen molar-refractivity contribution in [3.05, 3.63) is 77.9 Å². The second-order valence-electron chi connectivity index (χ2n) is 3.90. The van der Waals surface area contributed by atoms with Crippen LogP contribution in [0, 0.1) is 10.8 Å². The molecule has 0 heterocycles. The van der Waals surface area contributed by atoms with E-state index in [1.165, 1.54) is 0 Å². The Kier molecular flexibility index (Phi) is 3.82. The molecule has 0 aliphatic rings. The van der Waals surface area contributed by atoms with Gasteiger partial charge in [-0.15, -0.1) is 0 Å². The molecule has 0 aliphatic carbocycles. The van der Waals surface area contributed by atoms with Crippen molar-refractivity contribution in [1.29, 1.82) is 10.8 Å². The molecule has 0 atom stereocenters. The molecule has 0 spiro atoms. The standard InChI is InChI=1S/C16H14N2/c17-15(12-11-13-7-3-1-4-8-13)16(18)14-9-5-2-6-10-14/h1-12,17-18H/b12-11+,17-15?,18-16?. The lowest BCUT2D eigenvalue weighted by Gasteiger charge is -2.01. The number of allylic oxidation sites excluding steroid dienone is 1. The number of rotatable bonds is 4. The van der Waals surface area contributed by atoms with E-state index in [1.807, 2.05) is 66.7 Å². The number of benzene rings is 2. The Bertz CT molecular complexity index is 569. The summed E-state index contributed by atoms with van der Waals surface area (Å²) in [7, 11) is 0. The van der Waals surface area contributed by atoms with Crippen LogP contribution in [0.5, 0.6) is 0 Å². The van der Waals surface area contributed by atoms with Crippen LogP contribution in [0.15, 0.2) is 66.7 Å². The summed E-state index contributed by atoms with van der Waals surface area (Å²) in [5.41, 5.74) is 2.25. The van der Waals surface area contributed by atoms with Crippen LogP contribution < -0.4 is 0 Å². The van der Waals surface area contributed by atoms with Crippen LogP contribution in [0.1, 0.15) is 11.1 Å². The molecule has 0 aromatic heterocycles. The summed E-state index contributed by atoms with van der Waals surface area (Å²) in [5.74, 6) is 0. The fourth-order valence-corrected chi connectivity index (χ4v) is 1.59. The molecule has 2 aromatic carbocycles. The Morgan fingerprint density at radius 2 is 1.33 bits per heavy atom. The number of hydrogen-bond donors (Lipinski definition) is 2. The van der Waals surface area contributed by atoms with Crippen molar-refractivity contribution >= 4 is 17.5 Å². The highest BCUT2D eigenvalue weighted by molar-refractivity contribution is 6.50. The summed E-state index contributed by atoms with van der Waals surface area (Å²) in [6, 6.07) is 19.1. The molecule has 0 fully saturated rings. The van der Waals surface area contributed by atoms with Crippen molar-refractivity contribution < 1.29 is 0 Å². The summed E-state index contributed by atoms with van der Waals surface area (Å²) in [5, 5.41) is 15.8. The van der Waals surface area contributed by atoms with Gasteiger partial charge in [0.15, 0.2) is 0 Å².